The van der Waals surface area contributed by atoms with Crippen molar-refractivity contribution >= 4 is 38.6 Å². The first-order valence-corrected chi connectivity index (χ1v) is 19.3. The largest absolute Gasteiger partial charge is 0.310 e. The summed E-state index contributed by atoms with van der Waals surface area (Å²) in [6.45, 7) is 0. The van der Waals surface area contributed by atoms with Gasteiger partial charge < -0.3 is 4.90 Å². The minimum Gasteiger partial charge on any atom is -0.310 e. The topological polar surface area (TPSA) is 3.24 Å². The molecule has 0 heterocycles. The van der Waals surface area contributed by atoms with Crippen molar-refractivity contribution in [3.05, 3.63) is 237 Å². The first-order chi connectivity index (χ1) is 29.5. The van der Waals surface area contributed by atoms with Gasteiger partial charge in [0.1, 0.15) is 0 Å². The Labute approximate surface area is 338 Å². The number of hydrogen-bond acceptors (Lipinski definition) is 1. The lowest BCUT2D eigenvalue weighted by atomic mass is 9.89. The second kappa shape index (κ2) is 15.0. The normalized spacial score (nSPS) is 11.9. The smallest absolute Gasteiger partial charge is 0.0645 e. The van der Waals surface area contributed by atoms with Gasteiger partial charge in [0.2, 0.25) is 0 Å². The Bertz CT molecular complexity index is 3160. The fourth-order valence-corrected chi connectivity index (χ4v) is 7.95. The molecule has 0 aliphatic carbocycles. The van der Waals surface area contributed by atoms with Gasteiger partial charge >= 0.3 is 0 Å². The number of rotatable bonds is 8. The molecule has 0 aliphatic heterocycles. The highest BCUT2D eigenvalue weighted by Gasteiger charge is 2.20. The highest BCUT2D eigenvalue weighted by atomic mass is 15.1. The van der Waals surface area contributed by atoms with Gasteiger partial charge in [0.15, 0.2) is 0 Å². The molecular formula is C56H39N. The van der Waals surface area contributed by atoms with E-state index in [1.165, 1.54) is 16.2 Å². The monoisotopic (exact) mass is 728 g/mol. The van der Waals surface area contributed by atoms with Crippen molar-refractivity contribution in [2.45, 2.75) is 0 Å². The van der Waals surface area contributed by atoms with E-state index in [1.807, 2.05) is 66.7 Å². The van der Waals surface area contributed by atoms with Crippen molar-refractivity contribution in [2.24, 2.45) is 0 Å². The fraction of sp³-hybridized carbons (Fsp3) is 0. The molecule has 0 amide bonds. The number of benzene rings is 10. The van der Waals surface area contributed by atoms with E-state index in [0.29, 0.717) is 16.8 Å². The van der Waals surface area contributed by atoms with Crippen LogP contribution in [0, 0.1) is 0 Å². The lowest BCUT2D eigenvalue weighted by Gasteiger charge is -2.29. The second-order valence-corrected chi connectivity index (χ2v) is 14.3. The van der Waals surface area contributed by atoms with E-state index in [0.717, 1.165) is 61.3 Å². The van der Waals surface area contributed by atoms with Crippen molar-refractivity contribution in [1.82, 2.24) is 0 Å². The van der Waals surface area contributed by atoms with Crippen molar-refractivity contribution in [2.75, 3.05) is 4.90 Å². The molecule has 0 saturated carbocycles. The average Bonchev–Trinajstić information content (AvgIpc) is 3.31. The molecule has 1 heteroatoms. The third-order valence-electron chi connectivity index (χ3n) is 10.8. The van der Waals surface area contributed by atoms with Gasteiger partial charge in [-0.2, -0.15) is 0 Å². The molecular weight excluding hydrogens is 687 g/mol. The van der Waals surface area contributed by atoms with E-state index in [9.17, 15) is 4.11 Å². The zero-order valence-corrected chi connectivity index (χ0v) is 31.2. The SMILES string of the molecule is [2H]c1c([2H])c(N(c2ccc(-c3c(-c4ccccc4)ccc4ccccc34)cc2)c2cccc(-c3ccc4ccccc4c3)c2)c(-c2ccccc2)c([2H])c1-c1ccccc1. The van der Waals surface area contributed by atoms with Crippen molar-refractivity contribution in [3.8, 4) is 55.6 Å². The predicted molar refractivity (Wildman–Crippen MR) is 243 cm³/mol. The van der Waals surface area contributed by atoms with E-state index in [-0.39, 0.29) is 18.1 Å². The van der Waals surface area contributed by atoms with Gasteiger partial charge in [0.25, 0.3) is 0 Å². The Hall–Kier alpha value is -7.48. The Morgan fingerprint density at radius 2 is 0.877 bits per heavy atom. The predicted octanol–water partition coefficient (Wildman–Crippen LogP) is 15.8. The molecule has 0 aliphatic rings. The Morgan fingerprint density at radius 3 is 1.61 bits per heavy atom. The highest BCUT2D eigenvalue weighted by Crippen LogP contribution is 2.45. The zero-order valence-electron chi connectivity index (χ0n) is 34.2. The molecule has 1 nitrogen and oxygen atoms in total. The summed E-state index contributed by atoms with van der Waals surface area (Å²) in [5.74, 6) is 0. The zero-order chi connectivity index (χ0) is 40.6. The molecule has 10 aromatic rings. The van der Waals surface area contributed by atoms with E-state index in [1.54, 1.807) is 0 Å². The number of fused-ring (bicyclic) bond motifs is 2. The third-order valence-corrected chi connectivity index (χ3v) is 10.8. The van der Waals surface area contributed by atoms with Gasteiger partial charge in [-0.15, -0.1) is 0 Å². The van der Waals surface area contributed by atoms with Crippen LogP contribution in [-0.4, -0.2) is 0 Å². The minimum atomic E-state index is 0.0106. The van der Waals surface area contributed by atoms with E-state index in [2.05, 4.69) is 157 Å². The summed E-state index contributed by atoms with van der Waals surface area (Å²) >= 11 is 0. The molecule has 0 fully saturated rings. The number of anilines is 3. The molecule has 57 heavy (non-hydrogen) atoms. The van der Waals surface area contributed by atoms with Crippen molar-refractivity contribution in [1.29, 1.82) is 0 Å². The summed E-state index contributed by atoms with van der Waals surface area (Å²) in [7, 11) is 0. The van der Waals surface area contributed by atoms with Crippen LogP contribution in [0.3, 0.4) is 0 Å². The Kier molecular flexibility index (Phi) is 8.10. The maximum Gasteiger partial charge on any atom is 0.0645 e. The van der Waals surface area contributed by atoms with Gasteiger partial charge in [-0.05, 0) is 114 Å². The molecule has 0 aromatic heterocycles. The quantitative estimate of drug-likeness (QED) is 0.151. The summed E-state index contributed by atoms with van der Waals surface area (Å²) in [4.78, 5) is 2.07. The maximum atomic E-state index is 9.89. The number of hydrogen-bond donors (Lipinski definition) is 0. The van der Waals surface area contributed by atoms with Gasteiger partial charge in [-0.25, -0.2) is 0 Å². The van der Waals surface area contributed by atoms with Crippen LogP contribution in [0.4, 0.5) is 17.1 Å². The fourth-order valence-electron chi connectivity index (χ4n) is 7.95. The van der Waals surface area contributed by atoms with Crippen LogP contribution in [0.25, 0.3) is 77.2 Å². The summed E-state index contributed by atoms with van der Waals surface area (Å²) in [6.07, 6.45) is 0. The van der Waals surface area contributed by atoms with Crippen LogP contribution in [-0.2, 0) is 0 Å². The first-order valence-electron chi connectivity index (χ1n) is 20.8. The van der Waals surface area contributed by atoms with Crippen LogP contribution in [0.1, 0.15) is 4.11 Å². The second-order valence-electron chi connectivity index (χ2n) is 14.3. The molecule has 0 saturated heterocycles. The van der Waals surface area contributed by atoms with Gasteiger partial charge in [-0.3, -0.25) is 0 Å². The molecule has 0 radical (unpaired) electrons. The van der Waals surface area contributed by atoms with Crippen LogP contribution in [0.5, 0.6) is 0 Å². The molecule has 0 spiro atoms. The molecule has 10 rings (SSSR count). The maximum absolute atomic E-state index is 9.89. The van der Waals surface area contributed by atoms with Gasteiger partial charge in [-0.1, -0.05) is 194 Å². The van der Waals surface area contributed by atoms with Crippen molar-refractivity contribution in [3.63, 3.8) is 0 Å². The molecule has 0 unspecified atom stereocenters. The minimum absolute atomic E-state index is 0.0106. The summed E-state index contributed by atoms with van der Waals surface area (Å²) < 4.78 is 29.3. The van der Waals surface area contributed by atoms with E-state index in [4.69, 9.17) is 0 Å². The lowest BCUT2D eigenvalue weighted by molar-refractivity contribution is 1.28. The molecule has 10 aromatic carbocycles. The summed E-state index contributed by atoms with van der Waals surface area (Å²) in [5, 5.41) is 4.67. The number of nitrogens with zero attached hydrogens (tertiary/aromatic N) is 1. The van der Waals surface area contributed by atoms with Crippen LogP contribution >= 0.6 is 0 Å². The third kappa shape index (κ3) is 6.66. The molecule has 0 N–H and O–H groups in total. The van der Waals surface area contributed by atoms with Crippen molar-refractivity contribution < 1.29 is 4.11 Å². The Balaban J connectivity index is 1.22. The van der Waals surface area contributed by atoms with Crippen LogP contribution in [0.15, 0.2) is 237 Å². The first kappa shape index (κ1) is 30.8. The lowest BCUT2D eigenvalue weighted by Crippen LogP contribution is -2.11. The molecule has 0 bridgehead atoms. The van der Waals surface area contributed by atoms with Gasteiger partial charge in [0.05, 0.1) is 9.80 Å². The van der Waals surface area contributed by atoms with E-state index < -0.39 is 0 Å². The molecule has 268 valence electrons. The highest BCUT2D eigenvalue weighted by molar-refractivity contribution is 6.04. The standard InChI is InChI=1S/C56H39N/c1-4-15-40(16-5-1)49-32-36-55(54(39-49)43-20-8-3-9-21-43)57(51-25-14-24-47(38-51)48-28-27-41-17-10-11-23-46(41)37-48)50-33-29-45(30-34-50)56-52-26-13-12-22-44(52)31-35-53(56)42-18-6-2-7-19-42/h1-39H/i32D,36D,39D. The summed E-state index contributed by atoms with van der Waals surface area (Å²) in [5.41, 5.74) is 11.3. The van der Waals surface area contributed by atoms with Crippen LogP contribution in [0.2, 0.25) is 0 Å². The van der Waals surface area contributed by atoms with Gasteiger partial charge in [0, 0.05) is 16.9 Å². The molecule has 0 atom stereocenters. The average molecular weight is 729 g/mol. The van der Waals surface area contributed by atoms with Crippen LogP contribution < -0.4 is 4.90 Å². The summed E-state index contributed by atoms with van der Waals surface area (Å²) in [6, 6.07) is 75.0. The van der Waals surface area contributed by atoms with E-state index >= 15 is 0 Å². The Morgan fingerprint density at radius 1 is 0.316 bits per heavy atom.